The van der Waals surface area contributed by atoms with Crippen molar-refractivity contribution in [3.63, 3.8) is 0 Å². The van der Waals surface area contributed by atoms with Crippen molar-refractivity contribution in [1.82, 2.24) is 0 Å². The zero-order valence-electron chi connectivity index (χ0n) is 7.80. The predicted octanol–water partition coefficient (Wildman–Crippen LogP) is 1.07. The van der Waals surface area contributed by atoms with E-state index in [1.165, 1.54) is 0 Å². The maximum atomic E-state index is 11.5. The molecule has 0 amide bonds. The summed E-state index contributed by atoms with van der Waals surface area (Å²) in [6.07, 6.45) is 2.85. The first-order valence-electron chi connectivity index (χ1n) is 4.54. The number of hydrogen-bond donors (Lipinski definition) is 1. The lowest BCUT2D eigenvalue weighted by molar-refractivity contribution is -0.154. The molecule has 0 spiro atoms. The van der Waals surface area contributed by atoms with Gasteiger partial charge in [0.1, 0.15) is 0 Å². The Hall–Kier alpha value is -0.570. The van der Waals surface area contributed by atoms with Gasteiger partial charge in [0.2, 0.25) is 0 Å². The van der Waals surface area contributed by atoms with Crippen LogP contribution in [0.2, 0.25) is 0 Å². The van der Waals surface area contributed by atoms with E-state index in [4.69, 9.17) is 10.5 Å². The number of ether oxygens (including phenoxy) is 1. The van der Waals surface area contributed by atoms with E-state index in [2.05, 4.69) is 0 Å². The maximum Gasteiger partial charge on any atom is 0.313 e. The molecule has 3 nitrogen and oxygen atoms in total. The number of rotatable bonds is 2. The van der Waals surface area contributed by atoms with E-state index < -0.39 is 5.41 Å². The predicted molar refractivity (Wildman–Crippen MR) is 46.6 cm³/mol. The largest absolute Gasteiger partial charge is 0.466 e. The van der Waals surface area contributed by atoms with Gasteiger partial charge in [-0.15, -0.1) is 0 Å². The molecule has 1 aliphatic carbocycles. The van der Waals surface area contributed by atoms with Crippen LogP contribution in [0.3, 0.4) is 0 Å². The van der Waals surface area contributed by atoms with Crippen molar-refractivity contribution in [1.29, 1.82) is 0 Å². The maximum absolute atomic E-state index is 11.5. The Morgan fingerprint density at radius 2 is 2.42 bits per heavy atom. The molecule has 3 heteroatoms. The highest BCUT2D eigenvalue weighted by Crippen LogP contribution is 2.37. The Labute approximate surface area is 73.3 Å². The molecule has 0 aromatic carbocycles. The van der Waals surface area contributed by atoms with Gasteiger partial charge in [-0.05, 0) is 26.7 Å². The van der Waals surface area contributed by atoms with Crippen molar-refractivity contribution in [2.24, 2.45) is 11.1 Å². The van der Waals surface area contributed by atoms with Crippen LogP contribution in [0.4, 0.5) is 0 Å². The molecule has 0 aromatic heterocycles. The highest BCUT2D eigenvalue weighted by atomic mass is 16.5. The van der Waals surface area contributed by atoms with Crippen LogP contribution >= 0.6 is 0 Å². The third kappa shape index (κ3) is 1.46. The first kappa shape index (κ1) is 9.52. The molecule has 1 fully saturated rings. The minimum Gasteiger partial charge on any atom is -0.466 e. The molecular formula is C9H17NO2. The van der Waals surface area contributed by atoms with Gasteiger partial charge in [-0.25, -0.2) is 0 Å². The summed E-state index contributed by atoms with van der Waals surface area (Å²) in [5.41, 5.74) is 5.42. The molecule has 2 unspecified atom stereocenters. The SMILES string of the molecule is CCOC(=O)C1(C)CCCC1N. The van der Waals surface area contributed by atoms with E-state index in [0.29, 0.717) is 6.61 Å². The van der Waals surface area contributed by atoms with Crippen LogP contribution in [-0.2, 0) is 9.53 Å². The number of carbonyl (C=O) groups excluding carboxylic acids is 1. The normalized spacial score (nSPS) is 35.1. The first-order valence-corrected chi connectivity index (χ1v) is 4.54. The van der Waals surface area contributed by atoms with Gasteiger partial charge in [0, 0.05) is 6.04 Å². The number of carbonyl (C=O) groups is 1. The van der Waals surface area contributed by atoms with Crippen LogP contribution in [0.15, 0.2) is 0 Å². The van der Waals surface area contributed by atoms with Crippen LogP contribution in [0.5, 0.6) is 0 Å². The van der Waals surface area contributed by atoms with E-state index >= 15 is 0 Å². The van der Waals surface area contributed by atoms with Gasteiger partial charge in [-0.1, -0.05) is 6.42 Å². The quantitative estimate of drug-likeness (QED) is 0.632. The summed E-state index contributed by atoms with van der Waals surface area (Å²) in [6, 6.07) is -0.0171. The van der Waals surface area contributed by atoms with Gasteiger partial charge in [0.25, 0.3) is 0 Å². The van der Waals surface area contributed by atoms with Crippen LogP contribution in [0.25, 0.3) is 0 Å². The second-order valence-electron chi connectivity index (χ2n) is 3.64. The van der Waals surface area contributed by atoms with Crippen molar-refractivity contribution in [2.75, 3.05) is 6.61 Å². The summed E-state index contributed by atoms with van der Waals surface area (Å²) in [5.74, 6) is -0.130. The first-order chi connectivity index (χ1) is 5.61. The van der Waals surface area contributed by atoms with Crippen LogP contribution in [-0.4, -0.2) is 18.6 Å². The standard InChI is InChI=1S/C9H17NO2/c1-3-12-8(11)9(2)6-4-5-7(9)10/h7H,3-6,10H2,1-2H3. The lowest BCUT2D eigenvalue weighted by Crippen LogP contribution is -2.42. The fourth-order valence-electron chi connectivity index (χ4n) is 1.74. The highest BCUT2D eigenvalue weighted by molar-refractivity contribution is 5.77. The van der Waals surface area contributed by atoms with Gasteiger partial charge < -0.3 is 10.5 Å². The Bertz CT molecular complexity index is 181. The summed E-state index contributed by atoms with van der Waals surface area (Å²) in [7, 11) is 0. The van der Waals surface area contributed by atoms with Crippen molar-refractivity contribution < 1.29 is 9.53 Å². The average molecular weight is 171 g/mol. The van der Waals surface area contributed by atoms with Gasteiger partial charge in [0.05, 0.1) is 12.0 Å². The monoisotopic (exact) mass is 171 g/mol. The Morgan fingerprint density at radius 3 is 2.83 bits per heavy atom. The fraction of sp³-hybridized carbons (Fsp3) is 0.889. The Balaban J connectivity index is 2.63. The van der Waals surface area contributed by atoms with Crippen LogP contribution in [0, 0.1) is 5.41 Å². The average Bonchev–Trinajstić information content (AvgIpc) is 2.34. The minimum atomic E-state index is -0.421. The fourth-order valence-corrected chi connectivity index (χ4v) is 1.74. The third-order valence-electron chi connectivity index (χ3n) is 2.77. The smallest absolute Gasteiger partial charge is 0.313 e. The van der Waals surface area contributed by atoms with E-state index in [1.54, 1.807) is 0 Å². The number of hydrogen-bond acceptors (Lipinski definition) is 3. The van der Waals surface area contributed by atoms with Gasteiger partial charge in [-0.2, -0.15) is 0 Å². The van der Waals surface area contributed by atoms with Gasteiger partial charge in [0.15, 0.2) is 0 Å². The molecular weight excluding hydrogens is 154 g/mol. The van der Waals surface area contributed by atoms with Gasteiger partial charge >= 0.3 is 5.97 Å². The van der Waals surface area contributed by atoms with Crippen molar-refractivity contribution in [3.05, 3.63) is 0 Å². The molecule has 0 saturated heterocycles. The van der Waals surface area contributed by atoms with Crippen molar-refractivity contribution >= 4 is 5.97 Å². The zero-order chi connectivity index (χ0) is 9.19. The Kier molecular flexibility index (Phi) is 2.73. The van der Waals surface area contributed by atoms with E-state index in [1.807, 2.05) is 13.8 Å². The van der Waals surface area contributed by atoms with Crippen LogP contribution in [0.1, 0.15) is 33.1 Å². The molecule has 0 aliphatic heterocycles. The molecule has 2 N–H and O–H groups in total. The minimum absolute atomic E-state index is 0.0171. The molecule has 1 saturated carbocycles. The molecule has 0 radical (unpaired) electrons. The van der Waals surface area contributed by atoms with Crippen LogP contribution < -0.4 is 5.73 Å². The third-order valence-corrected chi connectivity index (χ3v) is 2.77. The summed E-state index contributed by atoms with van der Waals surface area (Å²) in [4.78, 5) is 11.5. The lowest BCUT2D eigenvalue weighted by Gasteiger charge is -2.25. The molecule has 2 atom stereocenters. The molecule has 1 rings (SSSR count). The molecule has 12 heavy (non-hydrogen) atoms. The molecule has 0 aromatic rings. The van der Waals surface area contributed by atoms with Gasteiger partial charge in [-0.3, -0.25) is 4.79 Å². The number of nitrogens with two attached hydrogens (primary N) is 1. The molecule has 1 aliphatic rings. The Morgan fingerprint density at radius 1 is 1.75 bits per heavy atom. The molecule has 0 bridgehead atoms. The summed E-state index contributed by atoms with van der Waals surface area (Å²) in [6.45, 7) is 4.17. The summed E-state index contributed by atoms with van der Waals surface area (Å²) < 4.78 is 4.98. The second kappa shape index (κ2) is 3.44. The lowest BCUT2D eigenvalue weighted by atomic mass is 9.85. The second-order valence-corrected chi connectivity index (χ2v) is 3.64. The zero-order valence-corrected chi connectivity index (χ0v) is 7.80. The van der Waals surface area contributed by atoms with E-state index in [0.717, 1.165) is 19.3 Å². The summed E-state index contributed by atoms with van der Waals surface area (Å²) in [5, 5.41) is 0. The van der Waals surface area contributed by atoms with Crippen molar-refractivity contribution in [2.45, 2.75) is 39.2 Å². The van der Waals surface area contributed by atoms with E-state index in [-0.39, 0.29) is 12.0 Å². The number of esters is 1. The molecule has 0 heterocycles. The van der Waals surface area contributed by atoms with E-state index in [9.17, 15) is 4.79 Å². The molecule has 70 valence electrons. The van der Waals surface area contributed by atoms with Crippen molar-refractivity contribution in [3.8, 4) is 0 Å². The summed E-state index contributed by atoms with van der Waals surface area (Å²) >= 11 is 0. The topological polar surface area (TPSA) is 52.3 Å². The highest BCUT2D eigenvalue weighted by Gasteiger charge is 2.44.